The molecule has 0 unspecified atom stereocenters. The molecule has 0 spiro atoms. The number of allylic oxidation sites excluding steroid dienone is 1. The van der Waals surface area contributed by atoms with Gasteiger partial charge >= 0.3 is 0 Å². The third-order valence-corrected chi connectivity index (χ3v) is 5.71. The van der Waals surface area contributed by atoms with Gasteiger partial charge in [-0.25, -0.2) is 8.42 Å². The van der Waals surface area contributed by atoms with Crippen molar-refractivity contribution in [2.24, 2.45) is 0 Å². The summed E-state index contributed by atoms with van der Waals surface area (Å²) in [4.78, 5) is 12.3. The number of nitrogens with zero attached hydrogens (tertiary/aromatic N) is 1. The second kappa shape index (κ2) is 6.84. The zero-order valence-electron chi connectivity index (χ0n) is 14.1. The summed E-state index contributed by atoms with van der Waals surface area (Å²) in [5.74, 6) is -0.173. The molecule has 23 heavy (non-hydrogen) atoms. The first-order valence-corrected chi connectivity index (χ1v) is 9.40. The van der Waals surface area contributed by atoms with Gasteiger partial charge in [-0.1, -0.05) is 19.4 Å². The van der Waals surface area contributed by atoms with Crippen molar-refractivity contribution in [3.8, 4) is 0 Å². The van der Waals surface area contributed by atoms with E-state index in [4.69, 9.17) is 0 Å². The van der Waals surface area contributed by atoms with Crippen LogP contribution in [0.15, 0.2) is 28.7 Å². The van der Waals surface area contributed by atoms with Crippen molar-refractivity contribution in [2.75, 3.05) is 18.4 Å². The predicted octanol–water partition coefficient (Wildman–Crippen LogP) is 3.24. The van der Waals surface area contributed by atoms with Crippen molar-refractivity contribution >= 4 is 27.2 Å². The van der Waals surface area contributed by atoms with Gasteiger partial charge in [0, 0.05) is 29.9 Å². The van der Waals surface area contributed by atoms with E-state index >= 15 is 0 Å². The highest BCUT2D eigenvalue weighted by Crippen LogP contribution is 2.35. The number of rotatable bonds is 6. The minimum absolute atomic E-state index is 0.173. The van der Waals surface area contributed by atoms with Gasteiger partial charge in [0.05, 0.1) is 4.90 Å². The fraction of sp³-hybridized carbons (Fsp3) is 0.471. The van der Waals surface area contributed by atoms with Gasteiger partial charge < -0.3 is 5.32 Å². The molecule has 1 aromatic rings. The first-order valence-electron chi connectivity index (χ1n) is 7.96. The molecule has 1 aliphatic heterocycles. The van der Waals surface area contributed by atoms with E-state index in [1.165, 1.54) is 4.31 Å². The lowest BCUT2D eigenvalue weighted by molar-refractivity contribution is -0.110. The Hall–Kier alpha value is -1.66. The normalized spacial score (nSPS) is 14.1. The minimum Gasteiger partial charge on any atom is -0.321 e. The highest BCUT2D eigenvalue weighted by atomic mass is 32.2. The predicted molar refractivity (Wildman–Crippen MR) is 92.7 cm³/mol. The molecule has 0 fully saturated rings. The molecule has 1 amide bonds. The van der Waals surface area contributed by atoms with Crippen molar-refractivity contribution in [1.29, 1.82) is 0 Å². The molecule has 0 radical (unpaired) electrons. The van der Waals surface area contributed by atoms with E-state index in [-0.39, 0.29) is 10.8 Å². The second-order valence-corrected chi connectivity index (χ2v) is 7.88. The van der Waals surface area contributed by atoms with Crippen molar-refractivity contribution in [3.63, 3.8) is 0 Å². The molecule has 0 saturated carbocycles. The van der Waals surface area contributed by atoms with Crippen LogP contribution in [0.3, 0.4) is 0 Å². The highest BCUT2D eigenvalue weighted by molar-refractivity contribution is 7.89. The van der Waals surface area contributed by atoms with Crippen LogP contribution in [0.4, 0.5) is 5.69 Å². The second-order valence-electron chi connectivity index (χ2n) is 5.94. The van der Waals surface area contributed by atoms with E-state index in [0.29, 0.717) is 29.9 Å². The maximum Gasteiger partial charge on any atom is 0.256 e. The average molecular weight is 336 g/mol. The number of hydrogen-bond acceptors (Lipinski definition) is 3. The zero-order valence-corrected chi connectivity index (χ0v) is 15.0. The molecule has 0 bridgehead atoms. The monoisotopic (exact) mass is 336 g/mol. The van der Waals surface area contributed by atoms with Crippen LogP contribution in [0, 0.1) is 0 Å². The number of hydrogen-bond donors (Lipinski definition) is 1. The smallest absolute Gasteiger partial charge is 0.256 e. The zero-order chi connectivity index (χ0) is 17.2. The van der Waals surface area contributed by atoms with Gasteiger partial charge in [-0.2, -0.15) is 4.31 Å². The summed E-state index contributed by atoms with van der Waals surface area (Å²) in [6, 6.07) is 4.86. The largest absolute Gasteiger partial charge is 0.321 e. The van der Waals surface area contributed by atoms with Gasteiger partial charge in [0.25, 0.3) is 5.91 Å². The Kier molecular flexibility index (Phi) is 5.26. The van der Waals surface area contributed by atoms with Crippen molar-refractivity contribution in [2.45, 2.75) is 45.4 Å². The SMILES string of the molecule is CCCN(CCC)S(=O)(=O)c1ccc2c(c1)C(=C(C)C)C(=O)N2. The maximum absolute atomic E-state index is 12.9. The van der Waals surface area contributed by atoms with E-state index < -0.39 is 10.0 Å². The van der Waals surface area contributed by atoms with E-state index in [1.807, 2.05) is 27.7 Å². The molecule has 1 N–H and O–H groups in total. The van der Waals surface area contributed by atoms with Gasteiger partial charge in [-0.3, -0.25) is 4.79 Å². The Morgan fingerprint density at radius 3 is 2.26 bits per heavy atom. The molecule has 1 heterocycles. The first-order chi connectivity index (χ1) is 10.8. The number of nitrogens with one attached hydrogen (secondary N) is 1. The van der Waals surface area contributed by atoms with Crippen molar-refractivity contribution in [1.82, 2.24) is 4.31 Å². The highest BCUT2D eigenvalue weighted by Gasteiger charge is 2.29. The van der Waals surface area contributed by atoms with Gasteiger partial charge in [-0.15, -0.1) is 0 Å². The molecule has 0 aliphatic carbocycles. The molecule has 1 aromatic carbocycles. The molecular weight excluding hydrogens is 312 g/mol. The molecule has 0 saturated heterocycles. The summed E-state index contributed by atoms with van der Waals surface area (Å²) in [6.07, 6.45) is 1.53. The Bertz CT molecular complexity index is 741. The number of carbonyl (C=O) groups is 1. The molecule has 0 aromatic heterocycles. The Balaban J connectivity index is 2.51. The van der Waals surface area contributed by atoms with E-state index in [2.05, 4.69) is 5.32 Å². The average Bonchev–Trinajstić information content (AvgIpc) is 2.81. The standard InChI is InChI=1S/C17H24N2O3S/c1-5-9-19(10-6-2)23(21,22)13-7-8-15-14(11-13)16(12(3)4)17(20)18-15/h7-8,11H,5-6,9-10H2,1-4H3,(H,18,20). The van der Waals surface area contributed by atoms with Gasteiger partial charge in [0.2, 0.25) is 10.0 Å². The Labute approximate surface area is 138 Å². The van der Waals surface area contributed by atoms with Crippen LogP contribution in [-0.2, 0) is 14.8 Å². The first kappa shape index (κ1) is 17.7. The van der Waals surface area contributed by atoms with Crippen LogP contribution in [0.5, 0.6) is 0 Å². The third kappa shape index (κ3) is 3.33. The number of amides is 1. The topological polar surface area (TPSA) is 66.5 Å². The van der Waals surface area contributed by atoms with Crippen LogP contribution in [-0.4, -0.2) is 31.7 Å². The number of fused-ring (bicyclic) bond motifs is 1. The molecule has 2 rings (SSSR count). The molecule has 6 heteroatoms. The summed E-state index contributed by atoms with van der Waals surface area (Å²) >= 11 is 0. The van der Waals surface area contributed by atoms with Crippen molar-refractivity contribution in [3.05, 3.63) is 29.3 Å². The number of anilines is 1. The summed E-state index contributed by atoms with van der Waals surface area (Å²) in [5.41, 5.74) is 2.77. The fourth-order valence-corrected chi connectivity index (χ4v) is 4.45. The summed E-state index contributed by atoms with van der Waals surface area (Å²) < 4.78 is 27.3. The van der Waals surface area contributed by atoms with Crippen LogP contribution in [0.1, 0.15) is 46.1 Å². The van der Waals surface area contributed by atoms with Gasteiger partial charge in [0.15, 0.2) is 0 Å². The number of benzene rings is 1. The van der Waals surface area contributed by atoms with E-state index in [9.17, 15) is 13.2 Å². The molecule has 0 atom stereocenters. The van der Waals surface area contributed by atoms with E-state index in [1.54, 1.807) is 18.2 Å². The number of carbonyl (C=O) groups excluding carboxylic acids is 1. The van der Waals surface area contributed by atoms with Crippen LogP contribution < -0.4 is 5.32 Å². The lowest BCUT2D eigenvalue weighted by Gasteiger charge is -2.21. The third-order valence-electron chi connectivity index (χ3n) is 3.82. The summed E-state index contributed by atoms with van der Waals surface area (Å²) in [6.45, 7) is 8.63. The van der Waals surface area contributed by atoms with Crippen LogP contribution >= 0.6 is 0 Å². The fourth-order valence-electron chi connectivity index (χ4n) is 2.80. The van der Waals surface area contributed by atoms with Crippen LogP contribution in [0.25, 0.3) is 5.57 Å². The van der Waals surface area contributed by atoms with Gasteiger partial charge in [0.1, 0.15) is 0 Å². The van der Waals surface area contributed by atoms with Crippen molar-refractivity contribution < 1.29 is 13.2 Å². The molecular formula is C17H24N2O3S. The Morgan fingerprint density at radius 1 is 1.13 bits per heavy atom. The number of sulfonamides is 1. The lowest BCUT2D eigenvalue weighted by atomic mass is 10.0. The maximum atomic E-state index is 12.9. The van der Waals surface area contributed by atoms with E-state index in [0.717, 1.165) is 18.4 Å². The molecule has 1 aliphatic rings. The van der Waals surface area contributed by atoms with Gasteiger partial charge in [-0.05, 0) is 44.9 Å². The molecule has 5 nitrogen and oxygen atoms in total. The lowest BCUT2D eigenvalue weighted by Crippen LogP contribution is -2.32. The quantitative estimate of drug-likeness (QED) is 0.811. The minimum atomic E-state index is -3.54. The summed E-state index contributed by atoms with van der Waals surface area (Å²) in [7, 11) is -3.54. The summed E-state index contributed by atoms with van der Waals surface area (Å²) in [5, 5.41) is 2.78. The van der Waals surface area contributed by atoms with Crippen LogP contribution in [0.2, 0.25) is 0 Å². The molecule has 126 valence electrons. The Morgan fingerprint density at radius 2 is 1.74 bits per heavy atom.